The number of aliphatic hydroxyl groups excluding tert-OH is 1. The van der Waals surface area contributed by atoms with E-state index in [1.807, 2.05) is 0 Å². The van der Waals surface area contributed by atoms with Crippen LogP contribution in [-0.4, -0.2) is 40.9 Å². The molecule has 1 atom stereocenters. The van der Waals surface area contributed by atoms with Gasteiger partial charge >= 0.3 is 0 Å². The molecular weight excluding hydrogens is 389 g/mol. The fraction of sp³-hybridized carbons (Fsp3) is 0.421. The number of aromatic amines is 1. The second-order valence-electron chi connectivity index (χ2n) is 7.15. The van der Waals surface area contributed by atoms with Gasteiger partial charge in [-0.05, 0) is 24.1 Å². The lowest BCUT2D eigenvalue weighted by atomic mass is 9.88. The van der Waals surface area contributed by atoms with Crippen LogP contribution in [0.15, 0.2) is 29.1 Å². The van der Waals surface area contributed by atoms with Crippen LogP contribution in [0.2, 0.25) is 0 Å². The minimum absolute atomic E-state index is 0.0578. The van der Waals surface area contributed by atoms with Crippen LogP contribution in [0.1, 0.15) is 39.9 Å². The van der Waals surface area contributed by atoms with E-state index < -0.39 is 48.7 Å². The Labute approximate surface area is 164 Å². The standard InChI is InChI=1S/C19H21F3N4O3/c20-8-19(9-21)5-14(24-10-19)16-25-15(13(7-27)17(28)26-16)18(29)23-6-11-1-3-12(22)4-2-11/h1-4,14,24,27H,5-10H2,(H,23,29)(H,25,26,28)/t14-/m0/s1. The Kier molecular flexibility index (Phi) is 6.33. The number of halogens is 3. The van der Waals surface area contributed by atoms with Crippen LogP contribution in [0.4, 0.5) is 13.2 Å². The summed E-state index contributed by atoms with van der Waals surface area (Å²) in [6, 6.07) is 4.85. The monoisotopic (exact) mass is 410 g/mol. The summed E-state index contributed by atoms with van der Waals surface area (Å²) in [5.41, 5.74) is -1.75. The lowest BCUT2D eigenvalue weighted by molar-refractivity contribution is 0.0941. The van der Waals surface area contributed by atoms with E-state index in [0.29, 0.717) is 5.56 Å². The molecular formula is C19H21F3N4O3. The molecule has 0 unspecified atom stereocenters. The van der Waals surface area contributed by atoms with Gasteiger partial charge in [0.05, 0.1) is 31.6 Å². The minimum atomic E-state index is -1.19. The zero-order chi connectivity index (χ0) is 21.0. The summed E-state index contributed by atoms with van der Waals surface area (Å²) in [5, 5.41) is 15.0. The molecule has 1 aromatic carbocycles. The number of nitrogens with one attached hydrogen (secondary N) is 3. The number of aromatic nitrogens is 2. The maximum atomic E-state index is 13.2. The van der Waals surface area contributed by atoms with E-state index in [-0.39, 0.29) is 36.6 Å². The van der Waals surface area contributed by atoms with Crippen molar-refractivity contribution >= 4 is 5.91 Å². The van der Waals surface area contributed by atoms with Gasteiger partial charge in [-0.25, -0.2) is 9.37 Å². The van der Waals surface area contributed by atoms with Crippen molar-refractivity contribution in [3.8, 4) is 0 Å². The fourth-order valence-corrected chi connectivity index (χ4v) is 3.23. The van der Waals surface area contributed by atoms with Crippen molar-refractivity contribution in [1.82, 2.24) is 20.6 Å². The molecule has 1 aromatic heterocycles. The second-order valence-corrected chi connectivity index (χ2v) is 7.15. The molecule has 0 saturated carbocycles. The highest BCUT2D eigenvalue weighted by atomic mass is 19.1. The first kappa shape index (κ1) is 21.0. The summed E-state index contributed by atoms with van der Waals surface area (Å²) >= 11 is 0. The summed E-state index contributed by atoms with van der Waals surface area (Å²) in [6.07, 6.45) is 0.0675. The van der Waals surface area contributed by atoms with E-state index >= 15 is 0 Å². The van der Waals surface area contributed by atoms with Crippen LogP contribution in [-0.2, 0) is 13.2 Å². The Hall–Kier alpha value is -2.72. The van der Waals surface area contributed by atoms with Gasteiger partial charge in [-0.15, -0.1) is 0 Å². The first-order valence-electron chi connectivity index (χ1n) is 9.03. The van der Waals surface area contributed by atoms with E-state index in [1.54, 1.807) is 0 Å². The third-order valence-corrected chi connectivity index (χ3v) is 5.03. The molecule has 0 spiro atoms. The lowest BCUT2D eigenvalue weighted by Gasteiger charge is -2.20. The Morgan fingerprint density at radius 1 is 1.28 bits per heavy atom. The Bertz CT molecular complexity index is 929. The zero-order valence-electron chi connectivity index (χ0n) is 15.5. The largest absolute Gasteiger partial charge is 0.391 e. The van der Waals surface area contributed by atoms with Crippen molar-refractivity contribution in [1.29, 1.82) is 0 Å². The third-order valence-electron chi connectivity index (χ3n) is 5.03. The molecule has 29 heavy (non-hydrogen) atoms. The number of rotatable bonds is 7. The highest BCUT2D eigenvalue weighted by molar-refractivity contribution is 5.93. The highest BCUT2D eigenvalue weighted by Gasteiger charge is 2.41. The molecule has 156 valence electrons. The number of alkyl halides is 2. The maximum absolute atomic E-state index is 13.2. The fourth-order valence-electron chi connectivity index (χ4n) is 3.23. The molecule has 4 N–H and O–H groups in total. The Morgan fingerprint density at radius 2 is 1.97 bits per heavy atom. The van der Waals surface area contributed by atoms with E-state index in [0.717, 1.165) is 0 Å². The van der Waals surface area contributed by atoms with Gasteiger partial charge in [-0.1, -0.05) is 12.1 Å². The van der Waals surface area contributed by atoms with Gasteiger partial charge in [-0.2, -0.15) is 0 Å². The smallest absolute Gasteiger partial charge is 0.270 e. The first-order chi connectivity index (χ1) is 13.9. The normalized spacial score (nSPS) is 18.0. The number of H-pyrrole nitrogens is 1. The van der Waals surface area contributed by atoms with Crippen molar-refractivity contribution in [3.05, 3.63) is 63.1 Å². The van der Waals surface area contributed by atoms with Crippen molar-refractivity contribution < 1.29 is 23.1 Å². The number of nitrogens with zero attached hydrogens (tertiary/aromatic N) is 1. The molecule has 2 aromatic rings. The molecule has 1 aliphatic rings. The van der Waals surface area contributed by atoms with Gasteiger partial charge in [-0.3, -0.25) is 18.4 Å². The van der Waals surface area contributed by atoms with E-state index in [2.05, 4.69) is 20.6 Å². The third kappa shape index (κ3) is 4.48. The molecule has 0 bridgehead atoms. The molecule has 1 amide bonds. The number of carbonyl (C=O) groups excluding carboxylic acids is 1. The van der Waals surface area contributed by atoms with Crippen LogP contribution in [0.5, 0.6) is 0 Å². The number of amides is 1. The molecule has 0 aliphatic carbocycles. The Balaban J connectivity index is 1.83. The van der Waals surface area contributed by atoms with Gasteiger partial charge in [0.25, 0.3) is 11.5 Å². The predicted octanol–water partition coefficient (Wildman–Crippen LogP) is 1.29. The maximum Gasteiger partial charge on any atom is 0.270 e. The molecule has 0 radical (unpaired) electrons. The van der Waals surface area contributed by atoms with Crippen LogP contribution in [0.3, 0.4) is 0 Å². The van der Waals surface area contributed by atoms with Crippen molar-refractivity contribution in [2.75, 3.05) is 19.9 Å². The van der Waals surface area contributed by atoms with Gasteiger partial charge < -0.3 is 20.7 Å². The van der Waals surface area contributed by atoms with Crippen molar-refractivity contribution in [3.63, 3.8) is 0 Å². The van der Waals surface area contributed by atoms with Crippen LogP contribution < -0.4 is 16.2 Å². The van der Waals surface area contributed by atoms with E-state index in [9.17, 15) is 27.9 Å². The molecule has 1 saturated heterocycles. The molecule has 7 nitrogen and oxygen atoms in total. The quantitative estimate of drug-likeness (QED) is 0.550. The molecule has 3 rings (SSSR count). The topological polar surface area (TPSA) is 107 Å². The second kappa shape index (κ2) is 8.75. The number of hydrogen-bond donors (Lipinski definition) is 4. The van der Waals surface area contributed by atoms with Crippen molar-refractivity contribution in [2.24, 2.45) is 5.41 Å². The summed E-state index contributed by atoms with van der Waals surface area (Å²) in [4.78, 5) is 31.5. The van der Waals surface area contributed by atoms with Gasteiger partial charge in [0.15, 0.2) is 0 Å². The number of benzene rings is 1. The zero-order valence-corrected chi connectivity index (χ0v) is 15.5. The average molecular weight is 410 g/mol. The summed E-state index contributed by atoms with van der Waals surface area (Å²) in [6.45, 7) is -2.31. The molecule has 1 fully saturated rings. The minimum Gasteiger partial charge on any atom is -0.391 e. The van der Waals surface area contributed by atoms with E-state index in [4.69, 9.17) is 0 Å². The van der Waals surface area contributed by atoms with Gasteiger partial charge in [0.2, 0.25) is 0 Å². The van der Waals surface area contributed by atoms with Crippen LogP contribution in [0, 0.1) is 11.2 Å². The Morgan fingerprint density at radius 3 is 2.55 bits per heavy atom. The summed E-state index contributed by atoms with van der Waals surface area (Å²) in [7, 11) is 0. The van der Waals surface area contributed by atoms with Crippen LogP contribution in [0.25, 0.3) is 0 Å². The van der Waals surface area contributed by atoms with Crippen LogP contribution >= 0.6 is 0 Å². The number of carbonyl (C=O) groups is 1. The molecule has 2 heterocycles. The molecule has 10 heteroatoms. The first-order valence-corrected chi connectivity index (χ1v) is 9.03. The number of aliphatic hydroxyl groups is 1. The summed E-state index contributed by atoms with van der Waals surface area (Å²) in [5.74, 6) is -1.04. The van der Waals surface area contributed by atoms with Gasteiger partial charge in [0, 0.05) is 18.5 Å². The molecule has 1 aliphatic heterocycles. The number of hydrogen-bond acceptors (Lipinski definition) is 5. The van der Waals surface area contributed by atoms with Gasteiger partial charge in [0.1, 0.15) is 17.3 Å². The highest BCUT2D eigenvalue weighted by Crippen LogP contribution is 2.36. The SMILES string of the molecule is O=C(NCc1ccc(F)cc1)c1nc([C@@H]2CC(CF)(CF)CN2)[nH]c(=O)c1CO. The lowest BCUT2D eigenvalue weighted by Crippen LogP contribution is -2.31. The average Bonchev–Trinajstić information content (AvgIpc) is 3.18. The summed E-state index contributed by atoms with van der Waals surface area (Å²) < 4.78 is 39.5. The van der Waals surface area contributed by atoms with Crippen molar-refractivity contribution in [2.45, 2.75) is 25.6 Å². The van der Waals surface area contributed by atoms with E-state index in [1.165, 1.54) is 24.3 Å². The predicted molar refractivity (Wildman–Crippen MR) is 98.1 cm³/mol.